The second-order valence-corrected chi connectivity index (χ2v) is 5.42. The van der Waals surface area contributed by atoms with Crippen LogP contribution in [0.1, 0.15) is 44.9 Å². The molecule has 0 spiro atoms. The van der Waals surface area contributed by atoms with Gasteiger partial charge in [-0.2, -0.15) is 0 Å². The van der Waals surface area contributed by atoms with Crippen LogP contribution in [-0.4, -0.2) is 42.4 Å². The lowest BCUT2D eigenvalue weighted by Gasteiger charge is -2.36. The number of methoxy groups -OCH3 is 1. The Kier molecular flexibility index (Phi) is 7.20. The number of hydrogen-bond donors (Lipinski definition) is 1. The summed E-state index contributed by atoms with van der Waals surface area (Å²) in [6, 6.07) is 8.63. The molecule has 3 atom stereocenters. The predicted molar refractivity (Wildman–Crippen MR) is 84.0 cm³/mol. The molecule has 0 heterocycles. The van der Waals surface area contributed by atoms with Crippen LogP contribution in [0.15, 0.2) is 24.3 Å². The minimum atomic E-state index is -0.472. The molecule has 3 nitrogen and oxygen atoms in total. The van der Waals surface area contributed by atoms with Gasteiger partial charge in [0.15, 0.2) is 0 Å². The van der Waals surface area contributed by atoms with Gasteiger partial charge in [0, 0.05) is 19.2 Å². The third-order valence-electron chi connectivity index (χ3n) is 4.05. The average Bonchev–Trinajstić information content (AvgIpc) is 2.47. The van der Waals surface area contributed by atoms with Crippen LogP contribution in [0.4, 0.5) is 0 Å². The van der Waals surface area contributed by atoms with Crippen molar-refractivity contribution in [2.24, 2.45) is 0 Å². The zero-order valence-corrected chi connectivity index (χ0v) is 13.5. The zero-order valence-electron chi connectivity index (χ0n) is 13.5. The van der Waals surface area contributed by atoms with E-state index in [0.29, 0.717) is 12.6 Å². The van der Waals surface area contributed by atoms with Crippen molar-refractivity contribution in [1.82, 2.24) is 4.90 Å². The second kappa shape index (κ2) is 8.40. The molecule has 0 saturated carbocycles. The van der Waals surface area contributed by atoms with Crippen molar-refractivity contribution in [3.05, 3.63) is 35.4 Å². The Morgan fingerprint density at radius 1 is 1.15 bits per heavy atom. The van der Waals surface area contributed by atoms with Gasteiger partial charge in [-0.25, -0.2) is 0 Å². The second-order valence-electron chi connectivity index (χ2n) is 5.42. The van der Waals surface area contributed by atoms with E-state index in [4.69, 9.17) is 4.74 Å². The van der Waals surface area contributed by atoms with Gasteiger partial charge in [-0.15, -0.1) is 0 Å². The van der Waals surface area contributed by atoms with Gasteiger partial charge in [-0.3, -0.25) is 4.90 Å². The summed E-state index contributed by atoms with van der Waals surface area (Å²) in [5, 5.41) is 10.6. The highest BCUT2D eigenvalue weighted by Crippen LogP contribution is 2.23. The van der Waals surface area contributed by atoms with Gasteiger partial charge in [0.2, 0.25) is 0 Å². The third kappa shape index (κ3) is 4.30. The predicted octanol–water partition coefficient (Wildman–Crippen LogP) is 3.03. The first-order valence-electron chi connectivity index (χ1n) is 7.56. The van der Waals surface area contributed by atoms with Crippen molar-refractivity contribution in [2.45, 2.75) is 52.3 Å². The van der Waals surface area contributed by atoms with Crippen LogP contribution >= 0.6 is 0 Å². The number of likely N-dealkylation sites (N-methyl/N-ethyl adjacent to an activating group) is 1. The summed E-state index contributed by atoms with van der Waals surface area (Å²) in [7, 11) is 1.72. The molecule has 114 valence electrons. The molecular weight excluding hydrogens is 250 g/mol. The maximum atomic E-state index is 10.6. The molecule has 3 unspecified atom stereocenters. The molecule has 0 aliphatic rings. The van der Waals surface area contributed by atoms with E-state index in [9.17, 15) is 5.11 Å². The van der Waals surface area contributed by atoms with E-state index >= 15 is 0 Å². The van der Waals surface area contributed by atoms with E-state index in [0.717, 1.165) is 18.5 Å². The number of nitrogens with zero attached hydrogens (tertiary/aromatic N) is 1. The normalized spacial score (nSPS) is 16.1. The summed E-state index contributed by atoms with van der Waals surface area (Å²) >= 11 is 0. The van der Waals surface area contributed by atoms with Gasteiger partial charge in [0.05, 0.1) is 12.7 Å². The number of aliphatic hydroxyl groups is 1. The molecule has 0 aromatic heterocycles. The molecule has 1 aromatic rings. The van der Waals surface area contributed by atoms with Crippen molar-refractivity contribution in [2.75, 3.05) is 20.3 Å². The van der Waals surface area contributed by atoms with E-state index in [1.807, 2.05) is 12.1 Å². The summed E-state index contributed by atoms with van der Waals surface area (Å²) in [6.07, 6.45) is 0.554. The monoisotopic (exact) mass is 279 g/mol. The smallest absolute Gasteiger partial charge is 0.0942 e. The Balaban J connectivity index is 2.79. The van der Waals surface area contributed by atoms with E-state index < -0.39 is 6.10 Å². The van der Waals surface area contributed by atoms with Crippen LogP contribution in [0.3, 0.4) is 0 Å². The van der Waals surface area contributed by atoms with Crippen molar-refractivity contribution >= 4 is 0 Å². The van der Waals surface area contributed by atoms with Gasteiger partial charge < -0.3 is 9.84 Å². The first-order chi connectivity index (χ1) is 9.54. The van der Waals surface area contributed by atoms with Gasteiger partial charge >= 0.3 is 0 Å². The SMILES string of the molecule is CCc1ccc(C(O)C(C)N(CC)C(C)COC)cc1. The van der Waals surface area contributed by atoms with E-state index in [1.165, 1.54) is 5.56 Å². The first-order valence-corrected chi connectivity index (χ1v) is 7.56. The van der Waals surface area contributed by atoms with Crippen LogP contribution in [0.2, 0.25) is 0 Å². The van der Waals surface area contributed by atoms with E-state index in [2.05, 4.69) is 44.7 Å². The largest absolute Gasteiger partial charge is 0.387 e. The Morgan fingerprint density at radius 3 is 2.20 bits per heavy atom. The van der Waals surface area contributed by atoms with Gasteiger partial charge in [0.25, 0.3) is 0 Å². The summed E-state index contributed by atoms with van der Waals surface area (Å²) in [4.78, 5) is 2.28. The van der Waals surface area contributed by atoms with Gasteiger partial charge in [-0.05, 0) is 37.9 Å². The molecule has 1 N–H and O–H groups in total. The Hall–Kier alpha value is -0.900. The number of aliphatic hydroxyl groups excluding tert-OH is 1. The minimum absolute atomic E-state index is 0.0672. The van der Waals surface area contributed by atoms with E-state index in [-0.39, 0.29) is 6.04 Å². The van der Waals surface area contributed by atoms with Gasteiger partial charge in [0.1, 0.15) is 0 Å². The van der Waals surface area contributed by atoms with Crippen molar-refractivity contribution in [3.63, 3.8) is 0 Å². The summed E-state index contributed by atoms with van der Waals surface area (Å²) in [5.41, 5.74) is 2.28. The van der Waals surface area contributed by atoms with Crippen LogP contribution < -0.4 is 0 Å². The highest BCUT2D eigenvalue weighted by molar-refractivity contribution is 5.25. The van der Waals surface area contributed by atoms with Crippen molar-refractivity contribution in [1.29, 1.82) is 0 Å². The summed E-state index contributed by atoms with van der Waals surface area (Å²) in [5.74, 6) is 0. The number of hydrogen-bond acceptors (Lipinski definition) is 3. The maximum Gasteiger partial charge on any atom is 0.0942 e. The summed E-state index contributed by atoms with van der Waals surface area (Å²) in [6.45, 7) is 10.1. The molecule has 1 rings (SSSR count). The molecule has 0 bridgehead atoms. The zero-order chi connectivity index (χ0) is 15.1. The Morgan fingerprint density at radius 2 is 1.75 bits per heavy atom. The molecule has 1 aromatic carbocycles. The number of rotatable bonds is 8. The number of ether oxygens (including phenoxy) is 1. The highest BCUT2D eigenvalue weighted by atomic mass is 16.5. The lowest BCUT2D eigenvalue weighted by molar-refractivity contribution is 0.0149. The van der Waals surface area contributed by atoms with Gasteiger partial charge in [-0.1, -0.05) is 38.1 Å². The van der Waals surface area contributed by atoms with Crippen LogP contribution in [0.25, 0.3) is 0 Å². The number of benzene rings is 1. The fraction of sp³-hybridized carbons (Fsp3) is 0.647. The molecule has 0 saturated heterocycles. The Labute approximate surface area is 123 Å². The average molecular weight is 279 g/mol. The fourth-order valence-electron chi connectivity index (χ4n) is 2.75. The lowest BCUT2D eigenvalue weighted by Crippen LogP contribution is -2.45. The van der Waals surface area contributed by atoms with Crippen molar-refractivity contribution in [3.8, 4) is 0 Å². The quantitative estimate of drug-likeness (QED) is 0.794. The van der Waals surface area contributed by atoms with Crippen molar-refractivity contribution < 1.29 is 9.84 Å². The molecule has 3 heteroatoms. The molecule has 0 radical (unpaired) electrons. The summed E-state index contributed by atoms with van der Waals surface area (Å²) < 4.78 is 5.23. The standard InChI is InChI=1S/C17H29NO2/c1-6-15-8-10-16(11-9-15)17(19)14(4)18(7-2)13(3)12-20-5/h8-11,13-14,17,19H,6-7,12H2,1-5H3. The lowest BCUT2D eigenvalue weighted by atomic mass is 9.99. The molecule has 20 heavy (non-hydrogen) atoms. The fourth-order valence-corrected chi connectivity index (χ4v) is 2.75. The molecule has 0 amide bonds. The minimum Gasteiger partial charge on any atom is -0.387 e. The number of aryl methyl sites for hydroxylation is 1. The molecule has 0 aliphatic heterocycles. The first kappa shape index (κ1) is 17.2. The third-order valence-corrected chi connectivity index (χ3v) is 4.05. The van der Waals surface area contributed by atoms with E-state index in [1.54, 1.807) is 7.11 Å². The molecular formula is C17H29NO2. The topological polar surface area (TPSA) is 32.7 Å². The molecule has 0 fully saturated rings. The Bertz CT molecular complexity index is 377. The van der Waals surface area contributed by atoms with Crippen LogP contribution in [0.5, 0.6) is 0 Å². The molecule has 0 aliphatic carbocycles. The highest BCUT2D eigenvalue weighted by Gasteiger charge is 2.25. The maximum absolute atomic E-state index is 10.6. The van der Waals surface area contributed by atoms with Crippen LogP contribution in [0, 0.1) is 0 Å². The van der Waals surface area contributed by atoms with Crippen LogP contribution in [-0.2, 0) is 11.2 Å².